The predicted octanol–water partition coefficient (Wildman–Crippen LogP) is 3.21. The Morgan fingerprint density at radius 1 is 1.42 bits per heavy atom. The molecule has 0 atom stereocenters. The number of furan rings is 1. The molecule has 96 valence electrons. The highest BCUT2D eigenvalue weighted by Gasteiger charge is 2.23. The second-order valence-corrected chi connectivity index (χ2v) is 4.77. The Balaban J connectivity index is 2.30. The van der Waals surface area contributed by atoms with Crippen LogP contribution in [0.1, 0.15) is 22.2 Å². The highest BCUT2D eigenvalue weighted by molar-refractivity contribution is 7.08. The topological polar surface area (TPSA) is 76.2 Å². The van der Waals surface area contributed by atoms with Gasteiger partial charge in [0.2, 0.25) is 0 Å². The van der Waals surface area contributed by atoms with Gasteiger partial charge in [-0.1, -0.05) is 29.6 Å². The molecule has 0 aliphatic rings. The van der Waals surface area contributed by atoms with Crippen LogP contribution in [0.5, 0.6) is 0 Å². The van der Waals surface area contributed by atoms with Crippen LogP contribution in [0.25, 0.3) is 22.4 Å². The van der Waals surface area contributed by atoms with Gasteiger partial charge >= 0.3 is 5.97 Å². The number of nitrogens with zero attached hydrogens (tertiary/aromatic N) is 2. The summed E-state index contributed by atoms with van der Waals surface area (Å²) in [7, 11) is 0. The quantitative estimate of drug-likeness (QED) is 0.793. The lowest BCUT2D eigenvalue weighted by molar-refractivity contribution is 0.0702. The number of para-hydroxylation sites is 1. The summed E-state index contributed by atoms with van der Waals surface area (Å²) < 4.78 is 9.48. The lowest BCUT2D eigenvalue weighted by Crippen LogP contribution is -1.96. The number of rotatable bonds is 3. The smallest absolute Gasteiger partial charge is 0.349 e. The molecule has 0 fully saturated rings. The molecule has 0 aliphatic carbocycles. The van der Waals surface area contributed by atoms with E-state index in [2.05, 4.69) is 9.59 Å². The molecule has 0 bridgehead atoms. The van der Waals surface area contributed by atoms with Crippen LogP contribution in [-0.2, 0) is 6.42 Å². The van der Waals surface area contributed by atoms with Crippen LogP contribution in [0.15, 0.2) is 28.7 Å². The van der Waals surface area contributed by atoms with Crippen molar-refractivity contribution in [2.75, 3.05) is 0 Å². The van der Waals surface area contributed by atoms with E-state index < -0.39 is 5.97 Å². The van der Waals surface area contributed by atoms with Crippen molar-refractivity contribution in [3.8, 4) is 11.5 Å². The molecule has 0 radical (unpaired) electrons. The van der Waals surface area contributed by atoms with Crippen molar-refractivity contribution in [2.24, 2.45) is 0 Å². The fourth-order valence-corrected chi connectivity index (χ4v) is 2.62. The second kappa shape index (κ2) is 4.47. The number of hydrogen-bond acceptors (Lipinski definition) is 5. The molecule has 2 heterocycles. The molecule has 2 aromatic heterocycles. The lowest BCUT2D eigenvalue weighted by Gasteiger charge is -1.97. The van der Waals surface area contributed by atoms with Crippen molar-refractivity contribution in [3.05, 3.63) is 34.7 Å². The summed E-state index contributed by atoms with van der Waals surface area (Å²) in [5, 5.41) is 14.0. The Hall–Kier alpha value is -2.21. The van der Waals surface area contributed by atoms with E-state index in [9.17, 15) is 4.79 Å². The maximum absolute atomic E-state index is 11.2. The number of aryl methyl sites for hydroxylation is 1. The minimum absolute atomic E-state index is 0.105. The monoisotopic (exact) mass is 274 g/mol. The Kier molecular flexibility index (Phi) is 2.79. The average Bonchev–Trinajstić information content (AvgIpc) is 3.02. The van der Waals surface area contributed by atoms with E-state index in [4.69, 9.17) is 9.52 Å². The molecule has 0 spiro atoms. The zero-order chi connectivity index (χ0) is 13.4. The fourth-order valence-electron chi connectivity index (χ4n) is 2.12. The van der Waals surface area contributed by atoms with Gasteiger partial charge in [0.25, 0.3) is 0 Å². The minimum Gasteiger partial charge on any atom is -0.477 e. The normalized spacial score (nSPS) is 11.0. The standard InChI is InChI=1S/C13H10N2O3S/c1-2-7-8-5-3-4-6-9(8)18-11(7)10-12(13(16)17)19-15-14-10/h3-6H,2H2,1H3,(H,16,17). The molecule has 0 unspecified atom stereocenters. The molecule has 19 heavy (non-hydrogen) atoms. The largest absolute Gasteiger partial charge is 0.477 e. The Labute approximate surface area is 112 Å². The summed E-state index contributed by atoms with van der Waals surface area (Å²) in [6.45, 7) is 2.00. The van der Waals surface area contributed by atoms with Crippen LogP contribution < -0.4 is 0 Å². The van der Waals surface area contributed by atoms with Crippen LogP contribution in [0.2, 0.25) is 0 Å². The van der Waals surface area contributed by atoms with Crippen molar-refractivity contribution in [2.45, 2.75) is 13.3 Å². The molecule has 0 aliphatic heterocycles. The van der Waals surface area contributed by atoms with Crippen LogP contribution in [0.3, 0.4) is 0 Å². The van der Waals surface area contributed by atoms with Gasteiger partial charge in [-0.2, -0.15) is 0 Å². The van der Waals surface area contributed by atoms with E-state index in [0.29, 0.717) is 11.5 Å². The summed E-state index contributed by atoms with van der Waals surface area (Å²) in [5.41, 5.74) is 2.01. The van der Waals surface area contributed by atoms with Crippen LogP contribution >= 0.6 is 11.5 Å². The van der Waals surface area contributed by atoms with Gasteiger partial charge in [-0.15, -0.1) is 5.10 Å². The van der Waals surface area contributed by atoms with Gasteiger partial charge in [-0.05, 0) is 24.0 Å². The number of aromatic nitrogens is 2. The number of carboxylic acid groups (broad SMARTS) is 1. The van der Waals surface area contributed by atoms with Gasteiger partial charge in [-0.3, -0.25) is 0 Å². The first kappa shape index (κ1) is 11.9. The highest BCUT2D eigenvalue weighted by Crippen LogP contribution is 2.35. The van der Waals surface area contributed by atoms with Gasteiger partial charge in [0, 0.05) is 10.9 Å². The number of carboxylic acids is 1. The molecular formula is C13H10N2O3S. The number of hydrogen-bond donors (Lipinski definition) is 1. The van der Waals surface area contributed by atoms with Gasteiger partial charge < -0.3 is 9.52 Å². The minimum atomic E-state index is -1.03. The molecule has 3 rings (SSSR count). The summed E-state index contributed by atoms with van der Waals surface area (Å²) in [5.74, 6) is -0.526. The first-order valence-electron chi connectivity index (χ1n) is 5.78. The zero-order valence-electron chi connectivity index (χ0n) is 10.1. The number of fused-ring (bicyclic) bond motifs is 1. The average molecular weight is 274 g/mol. The molecule has 1 aromatic carbocycles. The van der Waals surface area contributed by atoms with Crippen LogP contribution in [0, 0.1) is 0 Å². The van der Waals surface area contributed by atoms with E-state index in [0.717, 1.165) is 34.5 Å². The highest BCUT2D eigenvalue weighted by atomic mass is 32.1. The van der Waals surface area contributed by atoms with Crippen molar-refractivity contribution < 1.29 is 14.3 Å². The van der Waals surface area contributed by atoms with Crippen molar-refractivity contribution >= 4 is 28.5 Å². The Bertz CT molecular complexity index is 760. The Morgan fingerprint density at radius 3 is 2.95 bits per heavy atom. The van der Waals surface area contributed by atoms with E-state index in [-0.39, 0.29) is 4.88 Å². The maximum Gasteiger partial charge on any atom is 0.349 e. The van der Waals surface area contributed by atoms with E-state index in [1.807, 2.05) is 31.2 Å². The van der Waals surface area contributed by atoms with Crippen LogP contribution in [0.4, 0.5) is 0 Å². The van der Waals surface area contributed by atoms with Gasteiger partial charge in [-0.25, -0.2) is 4.79 Å². The Morgan fingerprint density at radius 2 is 2.21 bits per heavy atom. The SMILES string of the molecule is CCc1c(-c2nnsc2C(=O)O)oc2ccccc12. The summed E-state index contributed by atoms with van der Waals surface area (Å²) in [6, 6.07) is 7.63. The number of benzene rings is 1. The third-order valence-electron chi connectivity index (χ3n) is 2.95. The number of carbonyl (C=O) groups is 1. The third kappa shape index (κ3) is 1.80. The van der Waals surface area contributed by atoms with Gasteiger partial charge in [0.1, 0.15) is 5.58 Å². The molecule has 0 saturated heterocycles. The fraction of sp³-hybridized carbons (Fsp3) is 0.154. The van der Waals surface area contributed by atoms with Gasteiger partial charge in [0.05, 0.1) is 0 Å². The first-order valence-corrected chi connectivity index (χ1v) is 6.56. The van der Waals surface area contributed by atoms with Crippen molar-refractivity contribution in [1.82, 2.24) is 9.59 Å². The van der Waals surface area contributed by atoms with Crippen molar-refractivity contribution in [1.29, 1.82) is 0 Å². The third-order valence-corrected chi connectivity index (χ3v) is 3.66. The molecule has 3 aromatic rings. The predicted molar refractivity (Wildman–Crippen MR) is 71.5 cm³/mol. The molecule has 1 N–H and O–H groups in total. The molecule has 0 saturated carbocycles. The van der Waals surface area contributed by atoms with Crippen LogP contribution in [-0.4, -0.2) is 20.7 Å². The molecular weight excluding hydrogens is 264 g/mol. The van der Waals surface area contributed by atoms with E-state index in [1.54, 1.807) is 0 Å². The van der Waals surface area contributed by atoms with E-state index >= 15 is 0 Å². The first-order chi connectivity index (χ1) is 9.22. The van der Waals surface area contributed by atoms with Gasteiger partial charge in [0.15, 0.2) is 16.3 Å². The number of aromatic carboxylic acids is 1. The summed E-state index contributed by atoms with van der Waals surface area (Å²) in [6.07, 6.45) is 0.739. The molecule has 6 heteroatoms. The lowest BCUT2D eigenvalue weighted by atomic mass is 10.1. The maximum atomic E-state index is 11.2. The van der Waals surface area contributed by atoms with Crippen molar-refractivity contribution in [3.63, 3.8) is 0 Å². The van der Waals surface area contributed by atoms with E-state index in [1.165, 1.54) is 0 Å². The summed E-state index contributed by atoms with van der Waals surface area (Å²) >= 11 is 0.861. The molecule has 0 amide bonds. The summed E-state index contributed by atoms with van der Waals surface area (Å²) in [4.78, 5) is 11.3. The molecule has 5 nitrogen and oxygen atoms in total. The second-order valence-electron chi connectivity index (χ2n) is 4.02. The zero-order valence-corrected chi connectivity index (χ0v) is 10.9.